The highest BCUT2D eigenvalue weighted by atomic mass is 35.5. The monoisotopic (exact) mass is 466 g/mol. The van der Waals surface area contributed by atoms with E-state index in [1.807, 2.05) is 25.1 Å². The maximum Gasteiger partial charge on any atom is 0.190 e. The van der Waals surface area contributed by atoms with Gasteiger partial charge in [0.15, 0.2) is 5.13 Å². The first-order valence-electron chi connectivity index (χ1n) is 10.8. The standard InChI is InChI=1S/C26H27ClN2O2S/c1-5-15-29(25-20-10-8-7-9-18(20)11-14-23(25)31-6-2)26-28-24(17(3)32-26)21-13-12-19(30-4)16-22(21)27/h7-14,16H,5-6,15H2,1-4H3. The highest BCUT2D eigenvalue weighted by Gasteiger charge is 2.22. The minimum atomic E-state index is 0.606. The second-order valence-electron chi connectivity index (χ2n) is 7.47. The quantitative estimate of drug-likeness (QED) is 0.264. The molecular weight excluding hydrogens is 440 g/mol. The van der Waals surface area contributed by atoms with Gasteiger partial charge in [-0.25, -0.2) is 4.98 Å². The van der Waals surface area contributed by atoms with Crippen LogP contribution in [0.5, 0.6) is 11.5 Å². The van der Waals surface area contributed by atoms with Gasteiger partial charge in [0.05, 0.1) is 30.1 Å². The van der Waals surface area contributed by atoms with Crippen LogP contribution in [0.2, 0.25) is 5.02 Å². The fourth-order valence-electron chi connectivity index (χ4n) is 3.87. The van der Waals surface area contributed by atoms with Gasteiger partial charge in [-0.05, 0) is 49.9 Å². The molecule has 4 aromatic rings. The predicted octanol–water partition coefficient (Wildman–Crippen LogP) is 7.88. The fourth-order valence-corrected chi connectivity index (χ4v) is 5.09. The Kier molecular flexibility index (Phi) is 6.87. The molecule has 0 fully saturated rings. The number of ether oxygens (including phenoxy) is 2. The number of anilines is 2. The van der Waals surface area contributed by atoms with Crippen molar-refractivity contribution in [3.63, 3.8) is 0 Å². The first kappa shape index (κ1) is 22.4. The van der Waals surface area contributed by atoms with Crippen molar-refractivity contribution in [2.75, 3.05) is 25.2 Å². The van der Waals surface area contributed by atoms with E-state index in [4.69, 9.17) is 26.1 Å². The smallest absolute Gasteiger partial charge is 0.190 e. The summed E-state index contributed by atoms with van der Waals surface area (Å²) in [5.74, 6) is 1.60. The Morgan fingerprint density at radius 1 is 1.06 bits per heavy atom. The van der Waals surface area contributed by atoms with E-state index < -0.39 is 0 Å². The van der Waals surface area contributed by atoms with Gasteiger partial charge in [0, 0.05) is 22.4 Å². The topological polar surface area (TPSA) is 34.6 Å². The molecule has 32 heavy (non-hydrogen) atoms. The van der Waals surface area contributed by atoms with Crippen molar-refractivity contribution in [1.29, 1.82) is 0 Å². The van der Waals surface area contributed by atoms with Gasteiger partial charge >= 0.3 is 0 Å². The summed E-state index contributed by atoms with van der Waals surface area (Å²) >= 11 is 8.25. The number of halogens is 1. The third kappa shape index (κ3) is 4.27. The summed E-state index contributed by atoms with van der Waals surface area (Å²) < 4.78 is 11.4. The highest BCUT2D eigenvalue weighted by molar-refractivity contribution is 7.16. The largest absolute Gasteiger partial charge is 0.497 e. The molecule has 0 N–H and O–H groups in total. The molecule has 0 aliphatic heterocycles. The van der Waals surface area contributed by atoms with Crippen molar-refractivity contribution < 1.29 is 9.47 Å². The number of aromatic nitrogens is 1. The summed E-state index contributed by atoms with van der Waals surface area (Å²) in [6.45, 7) is 7.72. The van der Waals surface area contributed by atoms with Gasteiger partial charge in [-0.2, -0.15) is 0 Å². The molecule has 166 valence electrons. The van der Waals surface area contributed by atoms with E-state index in [-0.39, 0.29) is 0 Å². The van der Waals surface area contributed by atoms with Crippen LogP contribution in [0.4, 0.5) is 10.8 Å². The van der Waals surface area contributed by atoms with Crippen molar-refractivity contribution in [1.82, 2.24) is 4.98 Å². The average Bonchev–Trinajstić information content (AvgIpc) is 3.18. The Labute approximate surface area is 198 Å². The lowest BCUT2D eigenvalue weighted by atomic mass is 10.1. The molecule has 0 bridgehead atoms. The Hall–Kier alpha value is -2.76. The van der Waals surface area contributed by atoms with E-state index in [0.717, 1.165) is 56.8 Å². The second-order valence-corrected chi connectivity index (χ2v) is 9.05. The molecule has 1 aromatic heterocycles. The van der Waals surface area contributed by atoms with Crippen molar-refractivity contribution in [3.05, 3.63) is 64.5 Å². The molecule has 0 aliphatic rings. The molecule has 3 aromatic carbocycles. The fraction of sp³-hybridized carbons (Fsp3) is 0.269. The zero-order valence-corrected chi connectivity index (χ0v) is 20.4. The zero-order chi connectivity index (χ0) is 22.7. The number of methoxy groups -OCH3 is 1. The summed E-state index contributed by atoms with van der Waals surface area (Å²) in [5.41, 5.74) is 2.87. The van der Waals surface area contributed by atoms with E-state index >= 15 is 0 Å². The van der Waals surface area contributed by atoms with Crippen LogP contribution in [0.1, 0.15) is 25.1 Å². The summed E-state index contributed by atoms with van der Waals surface area (Å²) in [7, 11) is 1.64. The molecule has 4 nitrogen and oxygen atoms in total. The maximum atomic E-state index is 6.58. The van der Waals surface area contributed by atoms with Crippen LogP contribution in [0.3, 0.4) is 0 Å². The number of hydrogen-bond acceptors (Lipinski definition) is 5. The van der Waals surface area contributed by atoms with Gasteiger partial charge in [-0.15, -0.1) is 11.3 Å². The summed E-state index contributed by atoms with van der Waals surface area (Å²) in [4.78, 5) is 8.46. The van der Waals surface area contributed by atoms with Crippen LogP contribution in [-0.2, 0) is 0 Å². The van der Waals surface area contributed by atoms with Gasteiger partial charge in [-0.1, -0.05) is 48.9 Å². The summed E-state index contributed by atoms with van der Waals surface area (Å²) in [6.07, 6.45) is 0.978. The summed E-state index contributed by atoms with van der Waals surface area (Å²) in [5, 5.41) is 3.90. The minimum Gasteiger partial charge on any atom is -0.497 e. The van der Waals surface area contributed by atoms with Crippen LogP contribution < -0.4 is 14.4 Å². The second kappa shape index (κ2) is 9.80. The van der Waals surface area contributed by atoms with Crippen molar-refractivity contribution in [3.8, 4) is 22.8 Å². The molecule has 0 saturated heterocycles. The predicted molar refractivity (Wildman–Crippen MR) is 136 cm³/mol. The number of rotatable bonds is 8. The van der Waals surface area contributed by atoms with Crippen LogP contribution in [0, 0.1) is 6.92 Å². The lowest BCUT2D eigenvalue weighted by molar-refractivity contribution is 0.341. The molecule has 0 aliphatic carbocycles. The molecule has 6 heteroatoms. The third-order valence-electron chi connectivity index (χ3n) is 5.33. The SMILES string of the molecule is CCCN(c1nc(-c2ccc(OC)cc2Cl)c(C)s1)c1c(OCC)ccc2ccccc12. The van der Waals surface area contributed by atoms with Crippen LogP contribution in [0.25, 0.3) is 22.0 Å². The molecule has 0 saturated carbocycles. The number of benzene rings is 3. The molecule has 4 rings (SSSR count). The van der Waals surface area contributed by atoms with Crippen LogP contribution >= 0.6 is 22.9 Å². The normalized spacial score (nSPS) is 11.0. The maximum absolute atomic E-state index is 6.58. The van der Waals surface area contributed by atoms with Gasteiger partial charge in [0.25, 0.3) is 0 Å². The van der Waals surface area contributed by atoms with E-state index in [9.17, 15) is 0 Å². The average molecular weight is 467 g/mol. The van der Waals surface area contributed by atoms with Gasteiger partial charge in [-0.3, -0.25) is 0 Å². The number of hydrogen-bond donors (Lipinski definition) is 0. The molecule has 0 amide bonds. The van der Waals surface area contributed by atoms with Crippen LogP contribution in [0.15, 0.2) is 54.6 Å². The molecule has 0 atom stereocenters. The van der Waals surface area contributed by atoms with E-state index in [1.54, 1.807) is 18.4 Å². The molecular formula is C26H27ClN2O2S. The Morgan fingerprint density at radius 2 is 1.88 bits per heavy atom. The zero-order valence-electron chi connectivity index (χ0n) is 18.8. The van der Waals surface area contributed by atoms with Crippen molar-refractivity contribution >= 4 is 44.5 Å². The highest BCUT2D eigenvalue weighted by Crippen LogP contribution is 2.44. The van der Waals surface area contributed by atoms with E-state index in [0.29, 0.717) is 11.6 Å². The first-order chi connectivity index (χ1) is 15.6. The van der Waals surface area contributed by atoms with Crippen molar-refractivity contribution in [2.24, 2.45) is 0 Å². The van der Waals surface area contributed by atoms with Gasteiger partial charge in [0.2, 0.25) is 0 Å². The Bertz CT molecular complexity index is 1240. The first-order valence-corrected chi connectivity index (χ1v) is 12.0. The van der Waals surface area contributed by atoms with Gasteiger partial charge in [0.1, 0.15) is 11.5 Å². The molecule has 0 spiro atoms. The molecule has 1 heterocycles. The van der Waals surface area contributed by atoms with Gasteiger partial charge < -0.3 is 14.4 Å². The van der Waals surface area contributed by atoms with Crippen LogP contribution in [-0.4, -0.2) is 25.2 Å². The number of nitrogens with zero attached hydrogens (tertiary/aromatic N) is 2. The van der Waals surface area contributed by atoms with E-state index in [1.165, 1.54) is 5.39 Å². The van der Waals surface area contributed by atoms with E-state index in [2.05, 4.69) is 55.1 Å². The lowest BCUT2D eigenvalue weighted by Gasteiger charge is -2.25. The molecule has 0 radical (unpaired) electrons. The molecule has 0 unspecified atom stereocenters. The Morgan fingerprint density at radius 3 is 2.59 bits per heavy atom. The number of thiazole rings is 1. The minimum absolute atomic E-state index is 0.606. The lowest BCUT2D eigenvalue weighted by Crippen LogP contribution is -2.19. The summed E-state index contributed by atoms with van der Waals surface area (Å²) in [6, 6.07) is 18.3. The van der Waals surface area contributed by atoms with Crippen molar-refractivity contribution in [2.45, 2.75) is 27.2 Å². The third-order valence-corrected chi connectivity index (χ3v) is 6.63. The Balaban J connectivity index is 1.87. The number of aryl methyl sites for hydroxylation is 1. The number of fused-ring (bicyclic) bond motifs is 1.